The Morgan fingerprint density at radius 3 is 1.00 bits per heavy atom. The summed E-state index contributed by atoms with van der Waals surface area (Å²) in [5.41, 5.74) is 0. The van der Waals surface area contributed by atoms with Gasteiger partial charge in [-0.15, -0.1) is 0 Å². The minimum absolute atomic E-state index is 0.642. The molecule has 1 unspecified atom stereocenters. The van der Waals surface area contributed by atoms with Crippen molar-refractivity contribution >= 4 is 0 Å². The molecule has 1 aliphatic heterocycles. The maximum atomic E-state index is 2.70. The maximum Gasteiger partial charge on any atom is 0.101 e. The van der Waals surface area contributed by atoms with Crippen LogP contribution in [0.5, 0.6) is 0 Å². The van der Waals surface area contributed by atoms with Gasteiger partial charge in [0.1, 0.15) is 6.17 Å². The molecule has 1 atom stereocenters. The van der Waals surface area contributed by atoms with Crippen LogP contribution in [0.25, 0.3) is 0 Å². The lowest BCUT2D eigenvalue weighted by Crippen LogP contribution is -2.39. The highest BCUT2D eigenvalue weighted by Crippen LogP contribution is 2.24. The van der Waals surface area contributed by atoms with E-state index in [1.807, 2.05) is 0 Å². The van der Waals surface area contributed by atoms with E-state index in [0.717, 1.165) is 0 Å². The van der Waals surface area contributed by atoms with Crippen molar-refractivity contribution in [3.8, 4) is 0 Å². The number of nitrogens with zero attached hydrogens (tertiary/aromatic N) is 2. The first kappa shape index (κ1) is 33.4. The molecule has 214 valence electrons. The van der Waals surface area contributed by atoms with Crippen molar-refractivity contribution in [1.82, 2.24) is 9.80 Å². The number of rotatable bonds is 28. The monoisotopic (exact) mass is 505 g/mol. The summed E-state index contributed by atoms with van der Waals surface area (Å²) in [7, 11) is 0. The summed E-state index contributed by atoms with van der Waals surface area (Å²) in [4.78, 5) is 5.38. The van der Waals surface area contributed by atoms with Crippen LogP contribution in [-0.4, -0.2) is 29.1 Å². The predicted octanol–water partition coefficient (Wildman–Crippen LogP) is 11.6. The smallest absolute Gasteiger partial charge is 0.101 e. The van der Waals surface area contributed by atoms with Gasteiger partial charge in [0, 0.05) is 25.5 Å². The molecule has 0 aromatic rings. The molecule has 0 aromatic heterocycles. The van der Waals surface area contributed by atoms with E-state index in [9.17, 15) is 0 Å². The van der Waals surface area contributed by atoms with Crippen molar-refractivity contribution in [3.63, 3.8) is 0 Å². The molecule has 0 aliphatic carbocycles. The van der Waals surface area contributed by atoms with Gasteiger partial charge in [0.25, 0.3) is 0 Å². The Morgan fingerprint density at radius 2 is 0.639 bits per heavy atom. The Hall–Kier alpha value is -0.660. The Labute approximate surface area is 229 Å². The van der Waals surface area contributed by atoms with E-state index >= 15 is 0 Å². The Morgan fingerprint density at radius 1 is 0.361 bits per heavy atom. The van der Waals surface area contributed by atoms with Gasteiger partial charge < -0.3 is 9.80 Å². The van der Waals surface area contributed by atoms with Crippen molar-refractivity contribution in [2.75, 3.05) is 13.1 Å². The second-order valence-electron chi connectivity index (χ2n) is 11.8. The van der Waals surface area contributed by atoms with Crippen LogP contribution in [0.15, 0.2) is 12.4 Å². The highest BCUT2D eigenvalue weighted by molar-refractivity contribution is 4.97. The van der Waals surface area contributed by atoms with Crippen LogP contribution in [0.2, 0.25) is 0 Å². The Bertz CT molecular complexity index is 460. The molecule has 0 spiro atoms. The van der Waals surface area contributed by atoms with Crippen LogP contribution in [0, 0.1) is 0 Å². The van der Waals surface area contributed by atoms with Crippen LogP contribution in [0.4, 0.5) is 0 Å². The molecule has 0 saturated heterocycles. The number of hydrogen-bond donors (Lipinski definition) is 0. The first-order valence-electron chi connectivity index (χ1n) is 17.0. The lowest BCUT2D eigenvalue weighted by atomic mass is 10.0. The van der Waals surface area contributed by atoms with E-state index in [2.05, 4.69) is 43.0 Å². The van der Waals surface area contributed by atoms with Gasteiger partial charge in [-0.3, -0.25) is 0 Å². The Balaban J connectivity index is 2.18. The van der Waals surface area contributed by atoms with E-state index in [4.69, 9.17) is 0 Å². The summed E-state index contributed by atoms with van der Waals surface area (Å²) in [5, 5.41) is 0. The fraction of sp³-hybridized carbons (Fsp3) is 0.941. The lowest BCUT2D eigenvalue weighted by Gasteiger charge is -2.33. The molecule has 1 heterocycles. The van der Waals surface area contributed by atoms with Gasteiger partial charge in [-0.2, -0.15) is 0 Å². The molecule has 2 heteroatoms. The first-order chi connectivity index (χ1) is 17.8. The fourth-order valence-corrected chi connectivity index (χ4v) is 5.83. The van der Waals surface area contributed by atoms with Crippen LogP contribution in [-0.2, 0) is 0 Å². The lowest BCUT2D eigenvalue weighted by molar-refractivity contribution is 0.135. The topological polar surface area (TPSA) is 6.48 Å². The summed E-state index contributed by atoms with van der Waals surface area (Å²) in [6.45, 7) is 9.46. The van der Waals surface area contributed by atoms with E-state index in [-0.39, 0.29) is 0 Å². The van der Waals surface area contributed by atoms with E-state index in [1.165, 1.54) is 180 Å². The van der Waals surface area contributed by atoms with Crippen molar-refractivity contribution in [2.45, 2.75) is 194 Å². The number of unbranched alkanes of at least 4 members (excludes halogenated alkanes) is 22. The van der Waals surface area contributed by atoms with E-state index in [0.29, 0.717) is 6.17 Å². The molecule has 0 amide bonds. The van der Waals surface area contributed by atoms with Gasteiger partial charge in [-0.05, 0) is 25.7 Å². The third kappa shape index (κ3) is 18.6. The molecule has 0 fully saturated rings. The zero-order valence-electron chi connectivity index (χ0n) is 25.4. The van der Waals surface area contributed by atoms with Crippen molar-refractivity contribution in [3.05, 3.63) is 12.4 Å². The number of hydrogen-bond acceptors (Lipinski definition) is 2. The van der Waals surface area contributed by atoms with Gasteiger partial charge in [-0.25, -0.2) is 0 Å². The van der Waals surface area contributed by atoms with Gasteiger partial charge in [-0.1, -0.05) is 162 Å². The molecular formula is C34H68N2. The molecule has 1 rings (SSSR count). The summed E-state index contributed by atoms with van der Waals surface area (Å²) in [6.07, 6.45) is 42.5. The van der Waals surface area contributed by atoms with Gasteiger partial charge in [0.15, 0.2) is 0 Å². The SMILES string of the molecule is CCCCCCCCCCCCCN1C=CN(CCCCCC)C1CCCCCCCCCCCC. The highest BCUT2D eigenvalue weighted by Gasteiger charge is 2.24. The third-order valence-corrected chi connectivity index (χ3v) is 8.32. The minimum Gasteiger partial charge on any atom is -0.356 e. The molecule has 36 heavy (non-hydrogen) atoms. The van der Waals surface area contributed by atoms with Crippen LogP contribution < -0.4 is 0 Å². The standard InChI is InChI=1S/C34H68N2/c1-4-7-10-13-15-17-19-21-23-25-28-31-36-33-32-35(30-27-12-9-6-3)34(36)29-26-24-22-20-18-16-14-11-8-5-2/h32-34H,4-31H2,1-3H3. The second-order valence-corrected chi connectivity index (χ2v) is 11.8. The van der Waals surface area contributed by atoms with Gasteiger partial charge >= 0.3 is 0 Å². The van der Waals surface area contributed by atoms with Crippen LogP contribution in [0.3, 0.4) is 0 Å². The molecule has 0 radical (unpaired) electrons. The predicted molar refractivity (Wildman–Crippen MR) is 163 cm³/mol. The summed E-state index contributed by atoms with van der Waals surface area (Å²) < 4.78 is 0. The summed E-state index contributed by atoms with van der Waals surface area (Å²) in [5.74, 6) is 0. The van der Waals surface area contributed by atoms with Crippen LogP contribution >= 0.6 is 0 Å². The molecule has 0 aromatic carbocycles. The van der Waals surface area contributed by atoms with Crippen LogP contribution in [0.1, 0.15) is 188 Å². The largest absolute Gasteiger partial charge is 0.356 e. The molecular weight excluding hydrogens is 436 g/mol. The fourth-order valence-electron chi connectivity index (χ4n) is 5.83. The molecule has 0 bridgehead atoms. The Kier molecular flexibility index (Phi) is 24.1. The van der Waals surface area contributed by atoms with E-state index in [1.54, 1.807) is 0 Å². The second kappa shape index (κ2) is 26.0. The summed E-state index contributed by atoms with van der Waals surface area (Å²) >= 11 is 0. The third-order valence-electron chi connectivity index (χ3n) is 8.32. The highest BCUT2D eigenvalue weighted by atomic mass is 15.4. The quantitative estimate of drug-likeness (QED) is 0.0977. The van der Waals surface area contributed by atoms with Crippen molar-refractivity contribution < 1.29 is 0 Å². The summed E-state index contributed by atoms with van der Waals surface area (Å²) in [6, 6.07) is 0. The average Bonchev–Trinajstić information content (AvgIpc) is 3.27. The minimum atomic E-state index is 0.642. The maximum absolute atomic E-state index is 2.70. The van der Waals surface area contributed by atoms with Gasteiger partial charge in [0.2, 0.25) is 0 Å². The first-order valence-corrected chi connectivity index (χ1v) is 17.0. The van der Waals surface area contributed by atoms with Crippen molar-refractivity contribution in [1.29, 1.82) is 0 Å². The van der Waals surface area contributed by atoms with Crippen molar-refractivity contribution in [2.24, 2.45) is 0 Å². The zero-order chi connectivity index (χ0) is 25.9. The average molecular weight is 505 g/mol. The zero-order valence-corrected chi connectivity index (χ0v) is 25.4. The molecule has 2 nitrogen and oxygen atoms in total. The normalized spacial score (nSPS) is 15.5. The molecule has 0 saturated carbocycles. The van der Waals surface area contributed by atoms with E-state index < -0.39 is 0 Å². The molecule has 1 aliphatic rings. The van der Waals surface area contributed by atoms with Gasteiger partial charge in [0.05, 0.1) is 0 Å². The molecule has 0 N–H and O–H groups in total.